The molecule has 5 nitrogen and oxygen atoms in total. The third-order valence-corrected chi connectivity index (χ3v) is 2.90. The summed E-state index contributed by atoms with van der Waals surface area (Å²) in [4.78, 5) is 3.98. The van der Waals surface area contributed by atoms with Crippen molar-refractivity contribution in [2.24, 2.45) is 0 Å². The molecule has 0 amide bonds. The second-order valence-electron chi connectivity index (χ2n) is 4.20. The number of hydrogen-bond donors (Lipinski definition) is 4. The van der Waals surface area contributed by atoms with Crippen LogP contribution in [0.4, 0.5) is 5.69 Å². The molecule has 0 unspecified atom stereocenters. The zero-order valence-electron chi connectivity index (χ0n) is 10.7. The molecule has 0 radical (unpaired) electrons. The maximum atomic E-state index is 9.39. The van der Waals surface area contributed by atoms with Crippen LogP contribution in [0.1, 0.15) is 5.56 Å². The molecule has 20 heavy (non-hydrogen) atoms. The Hall–Kier alpha value is -2.34. The predicted molar refractivity (Wildman–Crippen MR) is 81.9 cm³/mol. The summed E-state index contributed by atoms with van der Waals surface area (Å²) in [5, 5.41) is 25.2. The second-order valence-corrected chi connectivity index (χ2v) is 4.60. The third kappa shape index (κ3) is 4.10. The van der Waals surface area contributed by atoms with E-state index in [0.717, 1.165) is 11.3 Å². The summed E-state index contributed by atoms with van der Waals surface area (Å²) in [6.45, 7) is 0.621. The molecule has 0 aliphatic carbocycles. The van der Waals surface area contributed by atoms with Gasteiger partial charge in [-0.25, -0.2) is 0 Å². The highest BCUT2D eigenvalue weighted by Crippen LogP contribution is 2.24. The molecule has 1 heterocycles. The number of benzene rings is 1. The van der Waals surface area contributed by atoms with Gasteiger partial charge in [0.25, 0.3) is 0 Å². The van der Waals surface area contributed by atoms with Crippen molar-refractivity contribution in [1.29, 1.82) is 0 Å². The fourth-order valence-corrected chi connectivity index (χ4v) is 1.88. The van der Waals surface area contributed by atoms with Crippen LogP contribution >= 0.6 is 12.2 Å². The van der Waals surface area contributed by atoms with E-state index in [4.69, 9.17) is 12.2 Å². The highest BCUT2D eigenvalue weighted by Gasteiger charge is 2.01. The summed E-state index contributed by atoms with van der Waals surface area (Å²) < 4.78 is 0. The van der Waals surface area contributed by atoms with Crippen molar-refractivity contribution in [1.82, 2.24) is 10.3 Å². The standard InChI is InChI=1S/C14H15N3O2S/c18-12-4-3-10(8-13(12)19)5-7-16-14(20)17-11-2-1-6-15-9-11/h1-4,6,8-9,18-19H,5,7H2,(H2,16,17,20). The Bertz CT molecular complexity index is 590. The molecule has 6 heteroatoms. The lowest BCUT2D eigenvalue weighted by atomic mass is 10.1. The number of aromatic nitrogens is 1. The van der Waals surface area contributed by atoms with Crippen molar-refractivity contribution in [2.75, 3.05) is 11.9 Å². The summed E-state index contributed by atoms with van der Waals surface area (Å²) in [6.07, 6.45) is 4.06. The van der Waals surface area contributed by atoms with E-state index in [1.54, 1.807) is 18.5 Å². The van der Waals surface area contributed by atoms with Crippen LogP contribution in [-0.4, -0.2) is 26.9 Å². The highest BCUT2D eigenvalue weighted by atomic mass is 32.1. The summed E-state index contributed by atoms with van der Waals surface area (Å²) in [7, 11) is 0. The van der Waals surface area contributed by atoms with Crippen LogP contribution in [0.15, 0.2) is 42.7 Å². The number of anilines is 1. The monoisotopic (exact) mass is 289 g/mol. The summed E-state index contributed by atoms with van der Waals surface area (Å²) in [5.41, 5.74) is 1.74. The zero-order valence-corrected chi connectivity index (χ0v) is 11.5. The van der Waals surface area contributed by atoms with Crippen molar-refractivity contribution in [3.63, 3.8) is 0 Å². The zero-order chi connectivity index (χ0) is 14.4. The molecule has 0 fully saturated rings. The third-order valence-electron chi connectivity index (χ3n) is 2.66. The number of thiocarbonyl (C=S) groups is 1. The number of rotatable bonds is 4. The first-order valence-electron chi connectivity index (χ1n) is 6.11. The Labute approximate surface area is 122 Å². The molecule has 0 bridgehead atoms. The number of phenolic OH excluding ortho intramolecular Hbond substituents is 2. The van der Waals surface area contributed by atoms with Gasteiger partial charge in [-0.3, -0.25) is 4.98 Å². The Morgan fingerprint density at radius 2 is 2.05 bits per heavy atom. The highest BCUT2D eigenvalue weighted by molar-refractivity contribution is 7.80. The van der Waals surface area contributed by atoms with E-state index >= 15 is 0 Å². The summed E-state index contributed by atoms with van der Waals surface area (Å²) >= 11 is 5.16. The van der Waals surface area contributed by atoms with Crippen LogP contribution in [0.25, 0.3) is 0 Å². The molecule has 1 aromatic carbocycles. The molecular weight excluding hydrogens is 274 g/mol. The van der Waals surface area contributed by atoms with E-state index in [2.05, 4.69) is 15.6 Å². The maximum Gasteiger partial charge on any atom is 0.170 e. The topological polar surface area (TPSA) is 77.4 Å². The van der Waals surface area contributed by atoms with Crippen molar-refractivity contribution in [3.05, 3.63) is 48.3 Å². The maximum absolute atomic E-state index is 9.39. The van der Waals surface area contributed by atoms with Crippen LogP contribution in [-0.2, 0) is 6.42 Å². The first-order valence-corrected chi connectivity index (χ1v) is 6.52. The number of nitrogens with one attached hydrogen (secondary N) is 2. The van der Waals surface area contributed by atoms with Gasteiger partial charge in [0.05, 0.1) is 11.9 Å². The second kappa shape index (κ2) is 6.72. The SMILES string of the molecule is Oc1ccc(CCNC(=S)Nc2cccnc2)cc1O. The minimum absolute atomic E-state index is 0.112. The van der Waals surface area contributed by atoms with Crippen LogP contribution in [0.2, 0.25) is 0 Å². The average Bonchev–Trinajstić information content (AvgIpc) is 2.44. The van der Waals surface area contributed by atoms with Gasteiger partial charge in [-0.1, -0.05) is 6.07 Å². The van der Waals surface area contributed by atoms with Gasteiger partial charge in [-0.05, 0) is 48.5 Å². The van der Waals surface area contributed by atoms with E-state index < -0.39 is 0 Å². The molecule has 2 rings (SSSR count). The minimum atomic E-state index is -0.115. The summed E-state index contributed by atoms with van der Waals surface area (Å²) in [5.74, 6) is -0.228. The first kappa shape index (κ1) is 14.1. The van der Waals surface area contributed by atoms with E-state index in [1.165, 1.54) is 12.1 Å². The molecule has 0 aliphatic rings. The lowest BCUT2D eigenvalue weighted by Gasteiger charge is -2.10. The van der Waals surface area contributed by atoms with Crippen molar-refractivity contribution >= 4 is 23.0 Å². The fraction of sp³-hybridized carbons (Fsp3) is 0.143. The molecule has 0 aliphatic heterocycles. The summed E-state index contributed by atoms with van der Waals surface area (Å²) in [6, 6.07) is 8.46. The van der Waals surface area contributed by atoms with Crippen molar-refractivity contribution < 1.29 is 10.2 Å². The largest absolute Gasteiger partial charge is 0.504 e. The molecule has 104 valence electrons. The number of hydrogen-bond acceptors (Lipinski definition) is 4. The Balaban J connectivity index is 1.78. The van der Waals surface area contributed by atoms with Gasteiger partial charge in [0, 0.05) is 12.7 Å². The number of pyridine rings is 1. The van der Waals surface area contributed by atoms with Gasteiger partial charge in [-0.15, -0.1) is 0 Å². The number of phenols is 2. The van der Waals surface area contributed by atoms with Gasteiger partial charge < -0.3 is 20.8 Å². The van der Waals surface area contributed by atoms with Crippen LogP contribution in [0.3, 0.4) is 0 Å². The van der Waals surface area contributed by atoms with Gasteiger partial charge in [0.1, 0.15) is 0 Å². The smallest absolute Gasteiger partial charge is 0.170 e. The molecule has 1 aromatic heterocycles. The van der Waals surface area contributed by atoms with E-state index in [0.29, 0.717) is 18.1 Å². The normalized spacial score (nSPS) is 10.0. The quantitative estimate of drug-likeness (QED) is 0.509. The van der Waals surface area contributed by atoms with Crippen LogP contribution in [0.5, 0.6) is 11.5 Å². The first-order chi connectivity index (χ1) is 9.65. The Kier molecular flexibility index (Phi) is 4.73. The van der Waals surface area contributed by atoms with Crippen molar-refractivity contribution in [2.45, 2.75) is 6.42 Å². The van der Waals surface area contributed by atoms with Gasteiger partial charge in [0.2, 0.25) is 0 Å². The van der Waals surface area contributed by atoms with Crippen molar-refractivity contribution in [3.8, 4) is 11.5 Å². The molecular formula is C14H15N3O2S. The van der Waals surface area contributed by atoms with E-state index in [9.17, 15) is 10.2 Å². The molecule has 0 saturated carbocycles. The lowest BCUT2D eigenvalue weighted by molar-refractivity contribution is 0.403. The molecule has 4 N–H and O–H groups in total. The Morgan fingerprint density at radius 1 is 1.20 bits per heavy atom. The average molecular weight is 289 g/mol. The molecule has 0 atom stereocenters. The lowest BCUT2D eigenvalue weighted by Crippen LogP contribution is -2.30. The number of aromatic hydroxyl groups is 2. The molecule has 0 spiro atoms. The number of nitrogens with zero attached hydrogens (tertiary/aromatic N) is 1. The molecule has 0 saturated heterocycles. The Morgan fingerprint density at radius 3 is 2.75 bits per heavy atom. The van der Waals surface area contributed by atoms with Crippen LogP contribution in [0, 0.1) is 0 Å². The predicted octanol–water partition coefficient (Wildman–Crippen LogP) is 2.02. The fourth-order valence-electron chi connectivity index (χ4n) is 1.66. The van der Waals surface area contributed by atoms with E-state index in [1.807, 2.05) is 12.1 Å². The van der Waals surface area contributed by atoms with E-state index in [-0.39, 0.29) is 11.5 Å². The van der Waals surface area contributed by atoms with Gasteiger partial charge >= 0.3 is 0 Å². The van der Waals surface area contributed by atoms with Crippen LogP contribution < -0.4 is 10.6 Å². The molecule has 2 aromatic rings. The van der Waals surface area contributed by atoms with Gasteiger partial charge in [-0.2, -0.15) is 0 Å². The van der Waals surface area contributed by atoms with Gasteiger partial charge in [0.15, 0.2) is 16.6 Å². The minimum Gasteiger partial charge on any atom is -0.504 e.